The summed E-state index contributed by atoms with van der Waals surface area (Å²) in [6, 6.07) is 5.52. The van der Waals surface area contributed by atoms with Crippen molar-refractivity contribution in [1.82, 2.24) is 15.0 Å². The third-order valence-electron chi connectivity index (χ3n) is 4.19. The van der Waals surface area contributed by atoms with Gasteiger partial charge in [-0.3, -0.25) is 14.6 Å². The van der Waals surface area contributed by atoms with E-state index in [2.05, 4.69) is 15.5 Å². The molecule has 2 atom stereocenters. The minimum absolute atomic E-state index is 0.0144. The van der Waals surface area contributed by atoms with Crippen LogP contribution in [0.15, 0.2) is 35.1 Å². The molecule has 0 aromatic carbocycles. The first-order chi connectivity index (χ1) is 11.5. The fourth-order valence-electron chi connectivity index (χ4n) is 2.64. The Kier molecular flexibility index (Phi) is 4.59. The molecule has 2 aromatic rings. The van der Waals surface area contributed by atoms with E-state index in [1.54, 1.807) is 37.3 Å². The highest BCUT2D eigenvalue weighted by atomic mass is 16.5. The van der Waals surface area contributed by atoms with Gasteiger partial charge < -0.3 is 14.7 Å². The number of carbonyl (C=O) groups excluding carboxylic acids is 2. The molecular weight excluding hydrogens is 308 g/mol. The molecule has 0 radical (unpaired) electrons. The zero-order valence-electron chi connectivity index (χ0n) is 13.7. The highest BCUT2D eigenvalue weighted by molar-refractivity contribution is 5.98. The second kappa shape index (κ2) is 6.82. The summed E-state index contributed by atoms with van der Waals surface area (Å²) in [7, 11) is 1.78. The van der Waals surface area contributed by atoms with Crippen LogP contribution in [-0.4, -0.2) is 40.4 Å². The van der Waals surface area contributed by atoms with Gasteiger partial charge in [0.25, 0.3) is 0 Å². The molecule has 24 heavy (non-hydrogen) atoms. The van der Waals surface area contributed by atoms with Gasteiger partial charge >= 0.3 is 0 Å². The highest BCUT2D eigenvalue weighted by Gasteiger charge is 2.49. The van der Waals surface area contributed by atoms with Crippen LogP contribution < -0.4 is 5.32 Å². The molecule has 0 bridgehead atoms. The maximum Gasteiger partial charge on any atom is 0.229 e. The minimum Gasteiger partial charge on any atom is -0.360 e. The van der Waals surface area contributed by atoms with E-state index in [1.807, 2.05) is 12.1 Å². The highest BCUT2D eigenvalue weighted by Crippen LogP contribution is 2.40. The van der Waals surface area contributed by atoms with Crippen molar-refractivity contribution < 1.29 is 14.1 Å². The monoisotopic (exact) mass is 328 g/mol. The lowest BCUT2D eigenvalue weighted by molar-refractivity contribution is -0.132. The summed E-state index contributed by atoms with van der Waals surface area (Å²) in [6.07, 6.45) is 4.84. The van der Waals surface area contributed by atoms with E-state index >= 15 is 0 Å². The van der Waals surface area contributed by atoms with Gasteiger partial charge in [0.05, 0.1) is 11.8 Å². The van der Waals surface area contributed by atoms with E-state index < -0.39 is 0 Å². The van der Waals surface area contributed by atoms with Crippen LogP contribution >= 0.6 is 0 Å². The van der Waals surface area contributed by atoms with Crippen LogP contribution in [0.25, 0.3) is 0 Å². The Hall–Kier alpha value is -2.70. The average molecular weight is 328 g/mol. The van der Waals surface area contributed by atoms with E-state index in [1.165, 1.54) is 0 Å². The summed E-state index contributed by atoms with van der Waals surface area (Å²) in [4.78, 5) is 30.2. The number of amides is 2. The topological polar surface area (TPSA) is 88.3 Å². The van der Waals surface area contributed by atoms with Gasteiger partial charge in [0.1, 0.15) is 5.76 Å². The molecule has 2 amide bonds. The van der Waals surface area contributed by atoms with Crippen molar-refractivity contribution >= 4 is 17.6 Å². The van der Waals surface area contributed by atoms with Gasteiger partial charge in [0, 0.05) is 32.1 Å². The van der Waals surface area contributed by atoms with Crippen LogP contribution in [0.1, 0.15) is 17.7 Å². The van der Waals surface area contributed by atoms with Gasteiger partial charge in [0.15, 0.2) is 5.82 Å². The third-order valence-corrected chi connectivity index (χ3v) is 4.19. The molecule has 126 valence electrons. The molecule has 2 heterocycles. The second-order valence-corrected chi connectivity index (χ2v) is 6.13. The molecule has 2 unspecified atom stereocenters. The van der Waals surface area contributed by atoms with Crippen LogP contribution in [0.4, 0.5) is 5.82 Å². The first-order valence-corrected chi connectivity index (χ1v) is 7.92. The van der Waals surface area contributed by atoms with Gasteiger partial charge in [-0.2, -0.15) is 0 Å². The van der Waals surface area contributed by atoms with Crippen molar-refractivity contribution in [1.29, 1.82) is 0 Å². The normalized spacial score (nSPS) is 18.9. The first kappa shape index (κ1) is 16.2. The fraction of sp³-hybridized carbons (Fsp3) is 0.412. The lowest BCUT2D eigenvalue weighted by Crippen LogP contribution is -2.31. The zero-order valence-corrected chi connectivity index (χ0v) is 13.7. The van der Waals surface area contributed by atoms with Crippen LogP contribution in [-0.2, 0) is 16.0 Å². The van der Waals surface area contributed by atoms with Crippen molar-refractivity contribution in [3.63, 3.8) is 0 Å². The SMILES string of the molecule is Cc1cc(NC(=O)C2CC2C(=O)N(C)CCc2ccncc2)no1. The van der Waals surface area contributed by atoms with Crippen LogP contribution in [0.3, 0.4) is 0 Å². The predicted molar refractivity (Wildman–Crippen MR) is 87.0 cm³/mol. The van der Waals surface area contributed by atoms with Crippen molar-refractivity contribution in [2.45, 2.75) is 19.8 Å². The van der Waals surface area contributed by atoms with E-state index in [9.17, 15) is 9.59 Å². The smallest absolute Gasteiger partial charge is 0.229 e. The largest absolute Gasteiger partial charge is 0.360 e. The number of aryl methyl sites for hydroxylation is 1. The van der Waals surface area contributed by atoms with Crippen molar-refractivity contribution in [3.05, 3.63) is 41.9 Å². The number of aromatic nitrogens is 2. The van der Waals surface area contributed by atoms with Crippen molar-refractivity contribution in [2.75, 3.05) is 18.9 Å². The molecule has 1 N–H and O–H groups in total. The summed E-state index contributed by atoms with van der Waals surface area (Å²) in [5.74, 6) is 0.342. The number of hydrogen-bond donors (Lipinski definition) is 1. The Morgan fingerprint density at radius 1 is 1.33 bits per heavy atom. The molecule has 3 rings (SSSR count). The number of pyridine rings is 1. The summed E-state index contributed by atoms with van der Waals surface area (Å²) < 4.78 is 4.91. The van der Waals surface area contributed by atoms with Crippen LogP contribution in [0, 0.1) is 18.8 Å². The lowest BCUT2D eigenvalue weighted by Gasteiger charge is -2.17. The van der Waals surface area contributed by atoms with Gasteiger partial charge in [-0.15, -0.1) is 0 Å². The Morgan fingerprint density at radius 3 is 2.75 bits per heavy atom. The number of hydrogen-bond acceptors (Lipinski definition) is 5. The van der Waals surface area contributed by atoms with E-state index in [-0.39, 0.29) is 23.7 Å². The molecule has 1 fully saturated rings. The molecule has 2 aromatic heterocycles. The molecule has 1 aliphatic rings. The van der Waals surface area contributed by atoms with Gasteiger partial charge in [-0.05, 0) is 37.5 Å². The van der Waals surface area contributed by atoms with E-state index in [4.69, 9.17) is 4.52 Å². The number of carbonyl (C=O) groups is 2. The Bertz CT molecular complexity index is 728. The summed E-state index contributed by atoms with van der Waals surface area (Å²) in [6.45, 7) is 2.38. The van der Waals surface area contributed by atoms with Gasteiger partial charge in [-0.25, -0.2) is 0 Å². The number of rotatable bonds is 6. The van der Waals surface area contributed by atoms with Gasteiger partial charge in [-0.1, -0.05) is 5.16 Å². The van der Waals surface area contributed by atoms with Crippen LogP contribution in [0.5, 0.6) is 0 Å². The summed E-state index contributed by atoms with van der Waals surface area (Å²) in [5.41, 5.74) is 1.14. The Morgan fingerprint density at radius 2 is 2.08 bits per heavy atom. The Balaban J connectivity index is 1.47. The predicted octanol–water partition coefficient (Wildman–Crippen LogP) is 1.65. The molecule has 0 spiro atoms. The Labute approximate surface area is 140 Å². The standard InChI is InChI=1S/C17H20N4O3/c1-11-9-15(20-24-11)19-16(22)13-10-14(13)17(23)21(2)8-5-12-3-6-18-7-4-12/h3-4,6-7,9,13-14H,5,8,10H2,1-2H3,(H,19,20,22). The summed E-state index contributed by atoms with van der Waals surface area (Å²) in [5, 5.41) is 6.41. The van der Waals surface area contributed by atoms with Crippen molar-refractivity contribution in [2.24, 2.45) is 11.8 Å². The fourth-order valence-corrected chi connectivity index (χ4v) is 2.64. The maximum atomic E-state index is 12.4. The molecule has 1 aliphatic carbocycles. The molecule has 0 aliphatic heterocycles. The van der Waals surface area contributed by atoms with E-state index in [0.29, 0.717) is 24.5 Å². The molecule has 7 nitrogen and oxygen atoms in total. The number of anilines is 1. The minimum atomic E-state index is -0.280. The van der Waals surface area contributed by atoms with E-state index in [0.717, 1.165) is 12.0 Å². The first-order valence-electron chi connectivity index (χ1n) is 7.92. The van der Waals surface area contributed by atoms with Crippen molar-refractivity contribution in [3.8, 4) is 0 Å². The maximum absolute atomic E-state index is 12.4. The lowest BCUT2D eigenvalue weighted by atomic mass is 10.2. The quantitative estimate of drug-likeness (QED) is 0.871. The van der Waals surface area contributed by atoms with Crippen LogP contribution in [0.2, 0.25) is 0 Å². The third kappa shape index (κ3) is 3.79. The van der Waals surface area contributed by atoms with Gasteiger partial charge in [0.2, 0.25) is 11.8 Å². The average Bonchev–Trinajstić information content (AvgIpc) is 3.29. The molecule has 0 saturated heterocycles. The summed E-state index contributed by atoms with van der Waals surface area (Å²) >= 11 is 0. The number of nitrogens with zero attached hydrogens (tertiary/aromatic N) is 3. The second-order valence-electron chi connectivity index (χ2n) is 6.13. The zero-order chi connectivity index (χ0) is 17.1. The molecule has 7 heteroatoms. The number of likely N-dealkylation sites (N-methyl/N-ethyl adjacent to an activating group) is 1. The number of nitrogens with one attached hydrogen (secondary N) is 1. The molecular formula is C17H20N4O3. The molecule has 1 saturated carbocycles.